The molecular weight excluding hydrogens is 445 g/mol. The predicted molar refractivity (Wildman–Crippen MR) is 121 cm³/mol. The highest BCUT2D eigenvalue weighted by atomic mass is 19.4. The zero-order chi connectivity index (χ0) is 24.5. The van der Waals surface area contributed by atoms with E-state index in [9.17, 15) is 22.8 Å². The van der Waals surface area contributed by atoms with Crippen LogP contribution in [0, 0.1) is 6.92 Å². The highest BCUT2D eigenvalue weighted by Crippen LogP contribution is 2.29. The van der Waals surface area contributed by atoms with Gasteiger partial charge in [-0.2, -0.15) is 18.3 Å². The summed E-state index contributed by atoms with van der Waals surface area (Å²) in [4.78, 5) is 29.2. The number of hydrogen-bond acceptors (Lipinski definition) is 3. The van der Waals surface area contributed by atoms with Gasteiger partial charge in [-0.25, -0.2) is 4.68 Å². The molecule has 1 aromatic heterocycles. The summed E-state index contributed by atoms with van der Waals surface area (Å²) in [7, 11) is 0. The molecule has 178 valence electrons. The monoisotopic (exact) mass is 470 g/mol. The average molecular weight is 470 g/mol. The molecule has 0 aliphatic carbocycles. The van der Waals surface area contributed by atoms with Crippen molar-refractivity contribution < 1.29 is 22.8 Å². The van der Waals surface area contributed by atoms with Gasteiger partial charge in [-0.05, 0) is 49.7 Å². The van der Waals surface area contributed by atoms with E-state index in [1.807, 2.05) is 38.1 Å². The topological polar surface area (TPSA) is 58.4 Å². The quantitative estimate of drug-likeness (QED) is 0.569. The Kier molecular flexibility index (Phi) is 6.45. The van der Waals surface area contributed by atoms with Crippen LogP contribution in [-0.4, -0.2) is 57.6 Å². The lowest BCUT2D eigenvalue weighted by Crippen LogP contribution is -2.50. The van der Waals surface area contributed by atoms with Crippen molar-refractivity contribution in [3.8, 4) is 5.69 Å². The summed E-state index contributed by atoms with van der Waals surface area (Å²) in [6.07, 6.45) is -2.24. The van der Waals surface area contributed by atoms with Crippen LogP contribution in [0.5, 0.6) is 0 Å². The third kappa shape index (κ3) is 4.69. The van der Waals surface area contributed by atoms with Crippen molar-refractivity contribution in [1.29, 1.82) is 0 Å². The fraction of sp³-hybridized carbons (Fsp3) is 0.320. The molecule has 2 heterocycles. The number of alkyl halides is 3. The van der Waals surface area contributed by atoms with Crippen LogP contribution in [-0.2, 0) is 12.6 Å². The second-order valence-electron chi connectivity index (χ2n) is 8.27. The molecule has 2 amide bonds. The summed E-state index contributed by atoms with van der Waals surface area (Å²) in [6.45, 7) is 5.26. The zero-order valence-electron chi connectivity index (χ0n) is 19.0. The van der Waals surface area contributed by atoms with Gasteiger partial charge in [0.15, 0.2) is 0 Å². The molecule has 0 unspecified atom stereocenters. The van der Waals surface area contributed by atoms with Gasteiger partial charge in [-0.3, -0.25) is 9.59 Å². The van der Waals surface area contributed by atoms with E-state index in [2.05, 4.69) is 5.10 Å². The van der Waals surface area contributed by atoms with E-state index in [0.29, 0.717) is 38.2 Å². The Morgan fingerprint density at radius 3 is 1.97 bits per heavy atom. The zero-order valence-corrected chi connectivity index (χ0v) is 19.0. The van der Waals surface area contributed by atoms with Crippen LogP contribution in [0.2, 0.25) is 0 Å². The van der Waals surface area contributed by atoms with Crippen LogP contribution in [0.25, 0.3) is 5.69 Å². The first kappa shape index (κ1) is 23.5. The number of piperazine rings is 1. The van der Waals surface area contributed by atoms with E-state index in [-0.39, 0.29) is 17.4 Å². The van der Waals surface area contributed by atoms with Gasteiger partial charge in [-0.15, -0.1) is 0 Å². The van der Waals surface area contributed by atoms with Crippen molar-refractivity contribution in [2.24, 2.45) is 0 Å². The maximum absolute atomic E-state index is 13.2. The minimum atomic E-state index is -4.45. The predicted octanol–water partition coefficient (Wildman–Crippen LogP) is 4.36. The molecule has 1 saturated heterocycles. The molecule has 0 bridgehead atoms. The van der Waals surface area contributed by atoms with Gasteiger partial charge < -0.3 is 9.80 Å². The summed E-state index contributed by atoms with van der Waals surface area (Å²) in [6, 6.07) is 12.1. The summed E-state index contributed by atoms with van der Waals surface area (Å²) >= 11 is 0. The molecule has 4 rings (SSSR count). The molecule has 0 radical (unpaired) electrons. The van der Waals surface area contributed by atoms with Crippen molar-refractivity contribution >= 4 is 11.8 Å². The molecule has 0 N–H and O–H groups in total. The highest BCUT2D eigenvalue weighted by molar-refractivity contribution is 5.96. The normalized spacial score (nSPS) is 14.4. The van der Waals surface area contributed by atoms with Crippen molar-refractivity contribution in [1.82, 2.24) is 19.6 Å². The number of carbonyl (C=O) groups is 2. The smallest absolute Gasteiger partial charge is 0.335 e. The van der Waals surface area contributed by atoms with Gasteiger partial charge in [0.05, 0.1) is 28.7 Å². The number of carbonyl (C=O) groups excluding carboxylic acids is 2. The molecule has 0 saturated carbocycles. The van der Waals surface area contributed by atoms with Crippen LogP contribution >= 0.6 is 0 Å². The summed E-state index contributed by atoms with van der Waals surface area (Å²) in [5.74, 6) is -0.487. The van der Waals surface area contributed by atoms with Crippen molar-refractivity contribution in [2.75, 3.05) is 26.2 Å². The lowest BCUT2D eigenvalue weighted by Gasteiger charge is -2.34. The SMILES string of the molecule is CCc1c(C(=O)N2CCN(C(=O)c3ccc(C(F)(F)F)cc3)CC2)cnn1-c1ccc(C)cc1. The number of nitrogens with zero attached hydrogens (tertiary/aromatic N) is 4. The lowest BCUT2D eigenvalue weighted by atomic mass is 10.1. The summed E-state index contributed by atoms with van der Waals surface area (Å²) < 4.78 is 40.1. The maximum atomic E-state index is 13.2. The number of amides is 2. The number of aryl methyl sites for hydroxylation is 1. The Morgan fingerprint density at radius 1 is 0.882 bits per heavy atom. The molecule has 6 nitrogen and oxygen atoms in total. The molecule has 0 spiro atoms. The van der Waals surface area contributed by atoms with Gasteiger partial charge in [0, 0.05) is 31.7 Å². The molecule has 1 aliphatic rings. The molecular formula is C25H25F3N4O2. The van der Waals surface area contributed by atoms with Crippen LogP contribution in [0.1, 0.15) is 44.5 Å². The summed E-state index contributed by atoms with van der Waals surface area (Å²) in [5, 5.41) is 4.43. The Labute approximate surface area is 195 Å². The number of halogens is 3. The first-order chi connectivity index (χ1) is 16.2. The van der Waals surface area contributed by atoms with Crippen molar-refractivity contribution in [3.63, 3.8) is 0 Å². The van der Waals surface area contributed by atoms with E-state index in [0.717, 1.165) is 29.1 Å². The Morgan fingerprint density at radius 2 is 1.44 bits per heavy atom. The second kappa shape index (κ2) is 9.32. The largest absolute Gasteiger partial charge is 0.416 e. The van der Waals surface area contributed by atoms with Gasteiger partial charge >= 0.3 is 6.18 Å². The van der Waals surface area contributed by atoms with E-state index in [1.165, 1.54) is 12.1 Å². The average Bonchev–Trinajstić information content (AvgIpc) is 3.27. The van der Waals surface area contributed by atoms with Gasteiger partial charge in [0.25, 0.3) is 11.8 Å². The number of hydrogen-bond donors (Lipinski definition) is 0. The molecule has 0 atom stereocenters. The van der Waals surface area contributed by atoms with Crippen LogP contribution in [0.4, 0.5) is 13.2 Å². The molecule has 3 aromatic rings. The van der Waals surface area contributed by atoms with Crippen LogP contribution in [0.3, 0.4) is 0 Å². The fourth-order valence-corrected chi connectivity index (χ4v) is 4.07. The first-order valence-electron chi connectivity index (χ1n) is 11.1. The van der Waals surface area contributed by atoms with Gasteiger partial charge in [-0.1, -0.05) is 24.6 Å². The molecule has 34 heavy (non-hydrogen) atoms. The van der Waals surface area contributed by atoms with E-state index >= 15 is 0 Å². The van der Waals surface area contributed by atoms with Crippen LogP contribution < -0.4 is 0 Å². The number of rotatable bonds is 4. The Hall–Kier alpha value is -3.62. The van der Waals surface area contributed by atoms with E-state index < -0.39 is 11.7 Å². The number of aromatic nitrogens is 2. The molecule has 1 aliphatic heterocycles. The van der Waals surface area contributed by atoms with Crippen molar-refractivity contribution in [2.45, 2.75) is 26.4 Å². The second-order valence-corrected chi connectivity index (χ2v) is 8.27. The maximum Gasteiger partial charge on any atom is 0.416 e. The van der Waals surface area contributed by atoms with Gasteiger partial charge in [0.2, 0.25) is 0 Å². The Balaban J connectivity index is 1.43. The first-order valence-corrected chi connectivity index (χ1v) is 11.1. The standard InChI is InChI=1S/C25H25F3N4O2/c1-3-22-21(16-29-32(22)20-10-4-17(2)5-11-20)24(34)31-14-12-30(13-15-31)23(33)18-6-8-19(9-7-18)25(26,27)28/h4-11,16H,3,12-15H2,1-2H3. The molecule has 1 fully saturated rings. The van der Waals surface area contributed by atoms with E-state index in [1.54, 1.807) is 20.7 Å². The third-order valence-electron chi connectivity index (χ3n) is 6.03. The van der Waals surface area contributed by atoms with Crippen molar-refractivity contribution in [3.05, 3.63) is 82.7 Å². The Bertz CT molecular complexity index is 1180. The number of benzene rings is 2. The summed E-state index contributed by atoms with van der Waals surface area (Å²) in [5.41, 5.74) is 2.77. The van der Waals surface area contributed by atoms with Crippen LogP contribution in [0.15, 0.2) is 54.7 Å². The fourth-order valence-electron chi connectivity index (χ4n) is 4.07. The minimum absolute atomic E-state index is 0.142. The highest BCUT2D eigenvalue weighted by Gasteiger charge is 2.31. The van der Waals surface area contributed by atoms with E-state index in [4.69, 9.17) is 0 Å². The van der Waals surface area contributed by atoms with Gasteiger partial charge in [0.1, 0.15) is 0 Å². The third-order valence-corrected chi connectivity index (χ3v) is 6.03. The minimum Gasteiger partial charge on any atom is -0.335 e. The lowest BCUT2D eigenvalue weighted by molar-refractivity contribution is -0.137. The molecule has 2 aromatic carbocycles. The molecule has 9 heteroatoms.